The molecule has 0 bridgehead atoms. The molecule has 1 aromatic heterocycles. The summed E-state index contributed by atoms with van der Waals surface area (Å²) in [5.41, 5.74) is 3.77. The molecular formula is C23H27N3O2. The molecule has 3 rings (SSSR count). The molecule has 0 aliphatic heterocycles. The zero-order valence-corrected chi connectivity index (χ0v) is 16.4. The Balaban J connectivity index is 1.52. The summed E-state index contributed by atoms with van der Waals surface area (Å²) in [7, 11) is 0. The van der Waals surface area contributed by atoms with E-state index in [1.54, 1.807) is 6.07 Å². The van der Waals surface area contributed by atoms with Crippen molar-refractivity contribution < 1.29 is 9.59 Å². The molecule has 1 atom stereocenters. The molecular weight excluding hydrogens is 350 g/mol. The highest BCUT2D eigenvalue weighted by atomic mass is 16.2. The van der Waals surface area contributed by atoms with E-state index in [1.165, 1.54) is 0 Å². The fraction of sp³-hybridized carbons (Fsp3) is 0.304. The second-order valence-electron chi connectivity index (χ2n) is 7.12. The Labute approximate surface area is 165 Å². The second kappa shape index (κ2) is 9.22. The molecule has 2 aromatic carbocycles. The maximum Gasteiger partial charge on any atom is 0.251 e. The van der Waals surface area contributed by atoms with Gasteiger partial charge < -0.3 is 15.6 Å². The summed E-state index contributed by atoms with van der Waals surface area (Å²) in [6.45, 7) is 4.43. The van der Waals surface area contributed by atoms with E-state index in [9.17, 15) is 9.59 Å². The van der Waals surface area contributed by atoms with Crippen molar-refractivity contribution in [3.8, 4) is 0 Å². The fourth-order valence-electron chi connectivity index (χ4n) is 3.11. The van der Waals surface area contributed by atoms with Gasteiger partial charge in [-0.05, 0) is 49.1 Å². The molecule has 0 spiro atoms. The van der Waals surface area contributed by atoms with Crippen molar-refractivity contribution in [3.63, 3.8) is 0 Å². The molecule has 5 heteroatoms. The van der Waals surface area contributed by atoms with Crippen molar-refractivity contribution in [2.45, 2.75) is 45.7 Å². The summed E-state index contributed by atoms with van der Waals surface area (Å²) in [5.74, 6) is -0.0818. The van der Waals surface area contributed by atoms with Gasteiger partial charge in [0.1, 0.15) is 0 Å². The third kappa shape index (κ3) is 5.00. The first-order valence-corrected chi connectivity index (χ1v) is 9.78. The molecule has 0 saturated heterocycles. The Bertz CT molecular complexity index is 961. The first kappa shape index (κ1) is 19.7. The molecule has 1 heterocycles. The Hall–Kier alpha value is -3.08. The van der Waals surface area contributed by atoms with Gasteiger partial charge in [0.05, 0.1) is 0 Å². The predicted molar refractivity (Wildman–Crippen MR) is 112 cm³/mol. The number of aromatic nitrogens is 1. The van der Waals surface area contributed by atoms with Crippen LogP contribution in [0.2, 0.25) is 0 Å². The maximum absolute atomic E-state index is 12.3. The Morgan fingerprint density at radius 3 is 2.75 bits per heavy atom. The summed E-state index contributed by atoms with van der Waals surface area (Å²) in [4.78, 5) is 27.7. The Morgan fingerprint density at radius 2 is 1.93 bits per heavy atom. The van der Waals surface area contributed by atoms with Crippen molar-refractivity contribution in [1.82, 2.24) is 15.6 Å². The minimum absolute atomic E-state index is 0.000240. The number of nitrogens with one attached hydrogen (secondary N) is 3. The van der Waals surface area contributed by atoms with Crippen LogP contribution in [0.15, 0.2) is 54.7 Å². The molecule has 0 aliphatic carbocycles. The van der Waals surface area contributed by atoms with E-state index in [4.69, 9.17) is 0 Å². The van der Waals surface area contributed by atoms with Crippen molar-refractivity contribution in [1.29, 1.82) is 0 Å². The third-order valence-electron chi connectivity index (χ3n) is 4.97. The average Bonchev–Trinajstić information content (AvgIpc) is 3.14. The van der Waals surface area contributed by atoms with Gasteiger partial charge in [0.15, 0.2) is 0 Å². The number of carbonyl (C=O) groups is 2. The number of aryl methyl sites for hydroxylation is 1. The molecule has 146 valence electrons. The number of carbonyl (C=O) groups excluding carboxylic acids is 2. The van der Waals surface area contributed by atoms with Gasteiger partial charge in [0, 0.05) is 41.7 Å². The van der Waals surface area contributed by atoms with E-state index in [0.717, 1.165) is 28.5 Å². The minimum atomic E-state index is -0.0816. The molecule has 0 radical (unpaired) electrons. The number of benzene rings is 2. The largest absolute Gasteiger partial charge is 0.361 e. The summed E-state index contributed by atoms with van der Waals surface area (Å²) >= 11 is 0. The van der Waals surface area contributed by atoms with Crippen LogP contribution in [0.3, 0.4) is 0 Å². The lowest BCUT2D eigenvalue weighted by Gasteiger charge is -2.12. The lowest BCUT2D eigenvalue weighted by atomic mass is 10.1. The summed E-state index contributed by atoms with van der Waals surface area (Å²) < 4.78 is 0. The van der Waals surface area contributed by atoms with Crippen LogP contribution in [0, 0.1) is 0 Å². The van der Waals surface area contributed by atoms with Crippen molar-refractivity contribution in [2.75, 3.05) is 0 Å². The lowest BCUT2D eigenvalue weighted by Crippen LogP contribution is -2.32. The summed E-state index contributed by atoms with van der Waals surface area (Å²) in [6.07, 6.45) is 3.97. The van der Waals surface area contributed by atoms with E-state index < -0.39 is 0 Å². The van der Waals surface area contributed by atoms with Crippen LogP contribution in [0.4, 0.5) is 0 Å². The molecule has 3 N–H and O–H groups in total. The first-order chi connectivity index (χ1) is 13.6. The van der Waals surface area contributed by atoms with E-state index >= 15 is 0 Å². The van der Waals surface area contributed by atoms with E-state index in [-0.39, 0.29) is 17.9 Å². The van der Waals surface area contributed by atoms with Gasteiger partial charge in [-0.15, -0.1) is 0 Å². The van der Waals surface area contributed by atoms with Crippen molar-refractivity contribution in [3.05, 3.63) is 71.4 Å². The number of para-hydroxylation sites is 1. The summed E-state index contributed by atoms with van der Waals surface area (Å²) in [5, 5.41) is 7.07. The van der Waals surface area contributed by atoms with Crippen LogP contribution < -0.4 is 10.6 Å². The van der Waals surface area contributed by atoms with Gasteiger partial charge in [-0.3, -0.25) is 9.59 Å². The molecule has 3 aromatic rings. The van der Waals surface area contributed by atoms with Crippen LogP contribution in [0.1, 0.15) is 48.2 Å². The second-order valence-corrected chi connectivity index (χ2v) is 7.12. The highest BCUT2D eigenvalue weighted by Crippen LogP contribution is 2.18. The highest BCUT2D eigenvalue weighted by molar-refractivity contribution is 5.94. The zero-order valence-electron chi connectivity index (χ0n) is 16.4. The minimum Gasteiger partial charge on any atom is -0.361 e. The molecule has 5 nitrogen and oxygen atoms in total. The normalized spacial score (nSPS) is 11.9. The molecule has 1 unspecified atom stereocenters. The highest BCUT2D eigenvalue weighted by Gasteiger charge is 2.10. The average molecular weight is 377 g/mol. The maximum atomic E-state index is 12.3. The fourth-order valence-corrected chi connectivity index (χ4v) is 3.11. The zero-order chi connectivity index (χ0) is 19.9. The molecule has 2 amide bonds. The Morgan fingerprint density at radius 1 is 1.11 bits per heavy atom. The van der Waals surface area contributed by atoms with Gasteiger partial charge in [0.2, 0.25) is 5.91 Å². The first-order valence-electron chi connectivity index (χ1n) is 9.78. The van der Waals surface area contributed by atoms with Crippen LogP contribution in [0.5, 0.6) is 0 Å². The molecule has 0 aliphatic rings. The predicted octanol–water partition coefficient (Wildman–Crippen LogP) is 3.95. The number of hydrogen-bond acceptors (Lipinski definition) is 2. The molecule has 0 fully saturated rings. The number of H-pyrrole nitrogens is 1. The number of hydrogen-bond donors (Lipinski definition) is 3. The monoisotopic (exact) mass is 377 g/mol. The number of amides is 2. The Kier molecular flexibility index (Phi) is 6.48. The standard InChI is InChI=1S/C23H27N3O2/c1-3-16(2)26-23(28)18-8-6-7-17(13-18)14-25-22(27)12-11-19-15-24-21-10-5-4-9-20(19)21/h4-10,13,15-16,24H,3,11-12,14H2,1-2H3,(H,25,27)(H,26,28). The van der Waals surface area contributed by atoms with Crippen LogP contribution in [0.25, 0.3) is 10.9 Å². The number of aromatic amines is 1. The van der Waals surface area contributed by atoms with E-state index in [0.29, 0.717) is 24.9 Å². The van der Waals surface area contributed by atoms with Crippen molar-refractivity contribution >= 4 is 22.7 Å². The lowest BCUT2D eigenvalue weighted by molar-refractivity contribution is -0.121. The number of fused-ring (bicyclic) bond motifs is 1. The van der Waals surface area contributed by atoms with Crippen LogP contribution >= 0.6 is 0 Å². The van der Waals surface area contributed by atoms with Gasteiger partial charge in [-0.25, -0.2) is 0 Å². The van der Waals surface area contributed by atoms with Gasteiger partial charge in [-0.1, -0.05) is 37.3 Å². The van der Waals surface area contributed by atoms with Gasteiger partial charge in [0.25, 0.3) is 5.91 Å². The van der Waals surface area contributed by atoms with Gasteiger partial charge >= 0.3 is 0 Å². The molecule has 28 heavy (non-hydrogen) atoms. The van der Waals surface area contributed by atoms with Crippen LogP contribution in [-0.4, -0.2) is 22.8 Å². The topological polar surface area (TPSA) is 74.0 Å². The van der Waals surface area contributed by atoms with Crippen LogP contribution in [-0.2, 0) is 17.8 Å². The smallest absolute Gasteiger partial charge is 0.251 e. The SMILES string of the molecule is CCC(C)NC(=O)c1cccc(CNC(=O)CCc2c[nH]c3ccccc23)c1. The van der Waals surface area contributed by atoms with Crippen molar-refractivity contribution in [2.24, 2.45) is 0 Å². The summed E-state index contributed by atoms with van der Waals surface area (Å²) in [6, 6.07) is 15.6. The van der Waals surface area contributed by atoms with E-state index in [1.807, 2.05) is 56.4 Å². The third-order valence-corrected chi connectivity index (χ3v) is 4.97. The number of rotatable bonds is 8. The van der Waals surface area contributed by atoms with E-state index in [2.05, 4.69) is 21.7 Å². The molecule has 0 saturated carbocycles. The quantitative estimate of drug-likeness (QED) is 0.556. The van der Waals surface area contributed by atoms with Gasteiger partial charge in [-0.2, -0.15) is 0 Å².